The molecular weight excluding hydrogens is 394 g/mol. The Morgan fingerprint density at radius 3 is 2.19 bits per heavy atom. The van der Waals surface area contributed by atoms with Crippen LogP contribution in [0.1, 0.15) is 6.42 Å². The summed E-state index contributed by atoms with van der Waals surface area (Å²) in [5, 5.41) is 0. The molecular formula is C20H20BrN3O2. The molecule has 2 fully saturated rings. The summed E-state index contributed by atoms with van der Waals surface area (Å²) in [4.78, 5) is 31.3. The van der Waals surface area contributed by atoms with E-state index in [0.717, 1.165) is 30.7 Å². The van der Waals surface area contributed by atoms with Gasteiger partial charge in [-0.25, -0.2) is 4.90 Å². The summed E-state index contributed by atoms with van der Waals surface area (Å²) in [6.45, 7) is 3.28. The van der Waals surface area contributed by atoms with Gasteiger partial charge in [-0.05, 0) is 40.2 Å². The highest BCUT2D eigenvalue weighted by Gasteiger charge is 2.43. The number of para-hydroxylation sites is 2. The van der Waals surface area contributed by atoms with E-state index >= 15 is 0 Å². The molecule has 2 aliphatic heterocycles. The van der Waals surface area contributed by atoms with E-state index in [-0.39, 0.29) is 24.3 Å². The lowest BCUT2D eigenvalue weighted by molar-refractivity contribution is -0.123. The number of rotatable bonds is 3. The first-order valence-corrected chi connectivity index (χ1v) is 9.60. The molecule has 2 aromatic rings. The number of benzene rings is 2. The van der Waals surface area contributed by atoms with Crippen LogP contribution >= 0.6 is 15.9 Å². The van der Waals surface area contributed by atoms with Crippen molar-refractivity contribution in [2.75, 3.05) is 36.0 Å². The normalized spacial score (nSPS) is 21.5. The van der Waals surface area contributed by atoms with Gasteiger partial charge < -0.3 is 4.90 Å². The molecule has 2 aliphatic rings. The molecule has 6 heteroatoms. The Kier molecular flexibility index (Phi) is 4.78. The highest BCUT2D eigenvalue weighted by Crippen LogP contribution is 2.32. The Hall–Kier alpha value is -2.18. The van der Waals surface area contributed by atoms with Crippen molar-refractivity contribution in [3.05, 3.63) is 59.1 Å². The maximum atomic E-state index is 12.9. The van der Waals surface area contributed by atoms with Crippen LogP contribution in [0.5, 0.6) is 0 Å². The number of anilines is 2. The van der Waals surface area contributed by atoms with Gasteiger partial charge in [0.05, 0.1) is 18.2 Å². The molecule has 0 spiro atoms. The molecule has 26 heavy (non-hydrogen) atoms. The first kappa shape index (κ1) is 17.2. The van der Waals surface area contributed by atoms with Gasteiger partial charge in [-0.2, -0.15) is 0 Å². The van der Waals surface area contributed by atoms with Crippen molar-refractivity contribution >= 4 is 39.1 Å². The van der Waals surface area contributed by atoms with Crippen molar-refractivity contribution in [3.8, 4) is 0 Å². The van der Waals surface area contributed by atoms with Gasteiger partial charge in [0.25, 0.3) is 5.91 Å². The summed E-state index contributed by atoms with van der Waals surface area (Å²) in [5.74, 6) is -0.243. The van der Waals surface area contributed by atoms with Gasteiger partial charge in [-0.1, -0.05) is 30.3 Å². The lowest BCUT2D eigenvalue weighted by atomic mass is 10.1. The average Bonchev–Trinajstić information content (AvgIpc) is 2.97. The molecule has 0 radical (unpaired) electrons. The van der Waals surface area contributed by atoms with Crippen molar-refractivity contribution in [2.24, 2.45) is 0 Å². The molecule has 4 rings (SSSR count). The van der Waals surface area contributed by atoms with Gasteiger partial charge in [0.1, 0.15) is 0 Å². The molecule has 2 amide bonds. The number of hydrogen-bond donors (Lipinski definition) is 0. The lowest BCUT2D eigenvalue weighted by Crippen LogP contribution is -2.52. The van der Waals surface area contributed by atoms with Crippen LogP contribution < -0.4 is 9.80 Å². The second-order valence-corrected chi connectivity index (χ2v) is 7.45. The smallest absolute Gasteiger partial charge is 0.251 e. The summed E-state index contributed by atoms with van der Waals surface area (Å²) >= 11 is 3.44. The molecule has 0 N–H and O–H groups in total. The summed E-state index contributed by atoms with van der Waals surface area (Å²) in [6, 6.07) is 17.3. The molecule has 0 aromatic heterocycles. The molecule has 1 atom stereocenters. The molecule has 2 heterocycles. The molecule has 2 aromatic carbocycles. The van der Waals surface area contributed by atoms with Gasteiger partial charge >= 0.3 is 0 Å². The Balaban J connectivity index is 1.46. The predicted octanol–water partition coefficient (Wildman–Crippen LogP) is 2.90. The van der Waals surface area contributed by atoms with E-state index in [2.05, 4.69) is 37.9 Å². The van der Waals surface area contributed by atoms with Crippen LogP contribution in [0.2, 0.25) is 0 Å². The zero-order valence-corrected chi connectivity index (χ0v) is 15.9. The van der Waals surface area contributed by atoms with Gasteiger partial charge in [-0.15, -0.1) is 0 Å². The molecule has 5 nitrogen and oxygen atoms in total. The highest BCUT2D eigenvalue weighted by molar-refractivity contribution is 9.10. The number of halogens is 1. The largest absolute Gasteiger partial charge is 0.369 e. The molecule has 134 valence electrons. The van der Waals surface area contributed by atoms with Crippen LogP contribution in [-0.2, 0) is 9.59 Å². The predicted molar refractivity (Wildman–Crippen MR) is 105 cm³/mol. The minimum absolute atomic E-state index is 0.116. The van der Waals surface area contributed by atoms with Crippen LogP contribution in [0.4, 0.5) is 11.4 Å². The van der Waals surface area contributed by atoms with Crippen molar-refractivity contribution in [3.63, 3.8) is 0 Å². The minimum atomic E-state index is -0.354. The minimum Gasteiger partial charge on any atom is -0.369 e. The van der Waals surface area contributed by atoms with Crippen LogP contribution in [0, 0.1) is 0 Å². The van der Waals surface area contributed by atoms with E-state index in [1.165, 1.54) is 10.6 Å². The first-order valence-electron chi connectivity index (χ1n) is 8.80. The number of amides is 2. The summed E-state index contributed by atoms with van der Waals surface area (Å²) in [7, 11) is 0. The number of carbonyl (C=O) groups is 2. The summed E-state index contributed by atoms with van der Waals surface area (Å²) < 4.78 is 0.760. The van der Waals surface area contributed by atoms with E-state index < -0.39 is 0 Å². The van der Waals surface area contributed by atoms with E-state index in [1.54, 1.807) is 6.07 Å². The van der Waals surface area contributed by atoms with Crippen LogP contribution in [0.3, 0.4) is 0 Å². The van der Waals surface area contributed by atoms with Crippen LogP contribution in [0.25, 0.3) is 0 Å². The Bertz CT molecular complexity index is 819. The second-order valence-electron chi connectivity index (χ2n) is 6.60. The maximum Gasteiger partial charge on any atom is 0.251 e. The topological polar surface area (TPSA) is 43.9 Å². The fraction of sp³-hybridized carbons (Fsp3) is 0.300. The molecule has 0 unspecified atom stereocenters. The van der Waals surface area contributed by atoms with E-state index in [1.807, 2.05) is 36.4 Å². The number of imide groups is 1. The molecule has 0 aliphatic carbocycles. The Labute approximate surface area is 161 Å². The molecule has 0 saturated carbocycles. The first-order chi connectivity index (χ1) is 12.6. The van der Waals surface area contributed by atoms with Crippen molar-refractivity contribution in [2.45, 2.75) is 12.5 Å². The van der Waals surface area contributed by atoms with Gasteiger partial charge in [0.2, 0.25) is 5.91 Å². The average molecular weight is 414 g/mol. The monoisotopic (exact) mass is 413 g/mol. The van der Waals surface area contributed by atoms with E-state index in [0.29, 0.717) is 5.69 Å². The number of carbonyl (C=O) groups excluding carboxylic acids is 2. The third-order valence-electron chi connectivity index (χ3n) is 5.09. The quantitative estimate of drug-likeness (QED) is 0.725. The number of hydrogen-bond acceptors (Lipinski definition) is 4. The maximum absolute atomic E-state index is 12.9. The second kappa shape index (κ2) is 7.21. The highest BCUT2D eigenvalue weighted by atomic mass is 79.9. The van der Waals surface area contributed by atoms with Crippen LogP contribution in [0.15, 0.2) is 59.1 Å². The number of nitrogens with zero attached hydrogens (tertiary/aromatic N) is 3. The third-order valence-corrected chi connectivity index (χ3v) is 5.76. The lowest BCUT2D eigenvalue weighted by Gasteiger charge is -2.38. The van der Waals surface area contributed by atoms with Crippen molar-refractivity contribution in [1.29, 1.82) is 0 Å². The Morgan fingerprint density at radius 2 is 1.50 bits per heavy atom. The zero-order chi connectivity index (χ0) is 18.1. The van der Waals surface area contributed by atoms with Gasteiger partial charge in [-0.3, -0.25) is 14.5 Å². The van der Waals surface area contributed by atoms with Gasteiger partial charge in [0, 0.05) is 36.3 Å². The Morgan fingerprint density at radius 1 is 0.846 bits per heavy atom. The standard InChI is InChI=1S/C20H20BrN3O2/c21-16-8-4-5-9-17(16)24-19(25)14-18(20(24)26)23-12-10-22(11-13-23)15-6-2-1-3-7-15/h1-9,18H,10-14H2/t18-/m1/s1. The third kappa shape index (κ3) is 3.15. The fourth-order valence-electron chi connectivity index (χ4n) is 3.72. The van der Waals surface area contributed by atoms with Gasteiger partial charge in [0.15, 0.2) is 0 Å². The van der Waals surface area contributed by atoms with E-state index in [4.69, 9.17) is 0 Å². The summed E-state index contributed by atoms with van der Waals surface area (Å²) in [6.07, 6.45) is 0.255. The molecule has 0 bridgehead atoms. The van der Waals surface area contributed by atoms with Crippen molar-refractivity contribution < 1.29 is 9.59 Å². The zero-order valence-electron chi connectivity index (χ0n) is 14.3. The SMILES string of the molecule is O=C1C[C@@H](N2CCN(c3ccccc3)CC2)C(=O)N1c1ccccc1Br. The van der Waals surface area contributed by atoms with Crippen molar-refractivity contribution in [1.82, 2.24) is 4.90 Å². The molecule has 2 saturated heterocycles. The van der Waals surface area contributed by atoms with E-state index in [9.17, 15) is 9.59 Å². The fourth-order valence-corrected chi connectivity index (χ4v) is 4.18. The number of piperazine rings is 1. The summed E-state index contributed by atoms with van der Waals surface area (Å²) in [5.41, 5.74) is 1.84. The van der Waals surface area contributed by atoms with Crippen LogP contribution in [-0.4, -0.2) is 48.9 Å².